The van der Waals surface area contributed by atoms with E-state index in [-0.39, 0.29) is 18.7 Å². The van der Waals surface area contributed by atoms with Gasteiger partial charge in [0.25, 0.3) is 11.5 Å². The largest absolute Gasteiger partial charge is 0.373 e. The number of nitrogens with zero attached hydrogens (tertiary/aromatic N) is 4. The highest BCUT2D eigenvalue weighted by atomic mass is 35.5. The number of rotatable bonds is 6. The van der Waals surface area contributed by atoms with Crippen LogP contribution in [0, 0.1) is 23.5 Å². The summed E-state index contributed by atoms with van der Waals surface area (Å²) in [6, 6.07) is 6.81. The van der Waals surface area contributed by atoms with Crippen LogP contribution in [-0.2, 0) is 6.54 Å². The second-order valence-corrected chi connectivity index (χ2v) is 8.03. The molecule has 4 rings (SSSR count). The van der Waals surface area contributed by atoms with E-state index in [1.165, 1.54) is 18.7 Å². The van der Waals surface area contributed by atoms with Gasteiger partial charge in [0, 0.05) is 37.2 Å². The number of anilines is 1. The van der Waals surface area contributed by atoms with E-state index in [9.17, 15) is 18.4 Å². The Bertz CT molecular complexity index is 1580. The second kappa shape index (κ2) is 10.9. The number of halogens is 3. The number of aromatic nitrogens is 4. The zero-order valence-corrected chi connectivity index (χ0v) is 19.7. The number of hydrogen-bond acceptors (Lipinski definition) is 6. The van der Waals surface area contributed by atoms with E-state index in [0.717, 1.165) is 28.3 Å². The van der Waals surface area contributed by atoms with Gasteiger partial charge in [0.2, 0.25) is 0 Å². The Hall–Kier alpha value is -4.36. The van der Waals surface area contributed by atoms with Crippen LogP contribution in [0.25, 0.3) is 10.9 Å². The van der Waals surface area contributed by atoms with Gasteiger partial charge in [-0.05, 0) is 29.8 Å². The zero-order chi connectivity index (χ0) is 25.7. The zero-order valence-electron chi connectivity index (χ0n) is 19.0. The first-order valence-electron chi connectivity index (χ1n) is 10.7. The van der Waals surface area contributed by atoms with Crippen molar-refractivity contribution in [2.24, 2.45) is 0 Å². The highest BCUT2D eigenvalue weighted by molar-refractivity contribution is 6.32. The van der Waals surface area contributed by atoms with Crippen LogP contribution < -0.4 is 16.2 Å². The van der Waals surface area contributed by atoms with Crippen LogP contribution in [0.5, 0.6) is 0 Å². The van der Waals surface area contributed by atoms with E-state index < -0.39 is 23.1 Å². The lowest BCUT2D eigenvalue weighted by Gasteiger charge is -2.08. The molecule has 2 N–H and O–H groups in total. The molecule has 8 nitrogen and oxygen atoms in total. The lowest BCUT2D eigenvalue weighted by Crippen LogP contribution is -2.33. The van der Waals surface area contributed by atoms with Gasteiger partial charge >= 0.3 is 0 Å². The Morgan fingerprint density at radius 1 is 1.17 bits per heavy atom. The van der Waals surface area contributed by atoms with Gasteiger partial charge in [0.1, 0.15) is 17.7 Å². The Morgan fingerprint density at radius 2 is 2.00 bits per heavy atom. The molecule has 0 unspecified atom stereocenters. The minimum absolute atomic E-state index is 0.0670. The average molecular weight is 509 g/mol. The molecule has 0 fully saturated rings. The first-order chi connectivity index (χ1) is 17.4. The van der Waals surface area contributed by atoms with Crippen LogP contribution in [0.2, 0.25) is 5.02 Å². The molecule has 36 heavy (non-hydrogen) atoms. The van der Waals surface area contributed by atoms with Gasteiger partial charge in [0.15, 0.2) is 11.6 Å². The Morgan fingerprint density at radius 3 is 2.78 bits per heavy atom. The maximum absolute atomic E-state index is 13.5. The summed E-state index contributed by atoms with van der Waals surface area (Å²) in [4.78, 5) is 37.5. The summed E-state index contributed by atoms with van der Waals surface area (Å²) in [5.74, 6) is 3.94. The lowest BCUT2D eigenvalue weighted by atomic mass is 10.1. The summed E-state index contributed by atoms with van der Waals surface area (Å²) in [6.07, 6.45) is 4.12. The standard InChI is InChI=1S/C25H19ClF2N6O2/c1-29-23-17-9-16(19(26)10-22(17)32-13-33-23)4-2-3-7-31-24(35)18-11-30-14-34(25(18)36)12-15-5-6-20(27)21(28)8-15/h5-6,8-11,13-14H,3,7,12H2,1H3,(H,31,35)(H,29,32,33). The highest BCUT2D eigenvalue weighted by Crippen LogP contribution is 2.25. The van der Waals surface area contributed by atoms with Gasteiger partial charge in [-0.3, -0.25) is 14.2 Å². The van der Waals surface area contributed by atoms with Gasteiger partial charge < -0.3 is 10.6 Å². The number of fused-ring (bicyclic) bond motifs is 1. The van der Waals surface area contributed by atoms with Crippen molar-refractivity contribution in [1.82, 2.24) is 24.8 Å². The van der Waals surface area contributed by atoms with E-state index in [1.807, 2.05) is 0 Å². The maximum atomic E-state index is 13.5. The van der Waals surface area contributed by atoms with Crippen molar-refractivity contribution in [2.45, 2.75) is 13.0 Å². The highest BCUT2D eigenvalue weighted by Gasteiger charge is 2.13. The van der Waals surface area contributed by atoms with E-state index in [4.69, 9.17) is 11.6 Å². The predicted octanol–water partition coefficient (Wildman–Crippen LogP) is 3.38. The fraction of sp³-hybridized carbons (Fsp3) is 0.160. The molecule has 0 aliphatic heterocycles. The minimum Gasteiger partial charge on any atom is -0.373 e. The minimum atomic E-state index is -1.02. The van der Waals surface area contributed by atoms with E-state index in [0.29, 0.717) is 33.9 Å². The van der Waals surface area contributed by atoms with Gasteiger partial charge in [-0.25, -0.2) is 23.7 Å². The van der Waals surface area contributed by atoms with Crippen molar-refractivity contribution in [3.8, 4) is 11.8 Å². The number of hydrogen-bond donors (Lipinski definition) is 2. The second-order valence-electron chi connectivity index (χ2n) is 7.62. The summed E-state index contributed by atoms with van der Waals surface area (Å²) in [6.45, 7) is 0.113. The molecule has 0 spiro atoms. The molecule has 2 aromatic carbocycles. The summed E-state index contributed by atoms with van der Waals surface area (Å²) in [5.41, 5.74) is 0.846. The lowest BCUT2D eigenvalue weighted by molar-refractivity contribution is 0.0952. The van der Waals surface area contributed by atoms with Crippen LogP contribution in [0.1, 0.15) is 27.9 Å². The fourth-order valence-corrected chi connectivity index (χ4v) is 3.62. The third-order valence-electron chi connectivity index (χ3n) is 5.20. The van der Waals surface area contributed by atoms with Crippen molar-refractivity contribution < 1.29 is 13.6 Å². The van der Waals surface area contributed by atoms with Crippen LogP contribution in [-0.4, -0.2) is 39.0 Å². The Kier molecular flexibility index (Phi) is 7.51. The molecule has 1 amide bonds. The van der Waals surface area contributed by atoms with Gasteiger partial charge in [-0.2, -0.15) is 0 Å². The monoisotopic (exact) mass is 508 g/mol. The normalized spacial score (nSPS) is 10.6. The summed E-state index contributed by atoms with van der Waals surface area (Å²) >= 11 is 6.31. The van der Waals surface area contributed by atoms with E-state index in [2.05, 4.69) is 37.4 Å². The number of benzene rings is 2. The SMILES string of the molecule is CNc1ncnc2cc(Cl)c(C#CCCNC(=O)c3cncn(Cc4ccc(F)c(F)c4)c3=O)cc12. The van der Waals surface area contributed by atoms with Crippen LogP contribution in [0.3, 0.4) is 0 Å². The quantitative estimate of drug-likeness (QED) is 0.306. The predicted molar refractivity (Wildman–Crippen MR) is 132 cm³/mol. The van der Waals surface area contributed by atoms with E-state index in [1.54, 1.807) is 19.2 Å². The molecule has 0 aliphatic rings. The topological polar surface area (TPSA) is 102 Å². The molecule has 0 aliphatic carbocycles. The molecule has 0 bridgehead atoms. The Labute approximate surface area is 209 Å². The molecular formula is C25H19ClF2N6O2. The third-order valence-corrected chi connectivity index (χ3v) is 5.51. The molecule has 2 heterocycles. The summed E-state index contributed by atoms with van der Waals surface area (Å²) < 4.78 is 27.7. The van der Waals surface area contributed by atoms with Crippen molar-refractivity contribution in [3.05, 3.63) is 92.9 Å². The smallest absolute Gasteiger partial charge is 0.266 e. The molecule has 0 atom stereocenters. The third kappa shape index (κ3) is 5.47. The number of nitrogens with one attached hydrogen (secondary N) is 2. The van der Waals surface area contributed by atoms with Crippen LogP contribution in [0.4, 0.5) is 14.6 Å². The first-order valence-corrected chi connectivity index (χ1v) is 11.1. The van der Waals surface area contributed by atoms with E-state index >= 15 is 0 Å². The summed E-state index contributed by atoms with van der Waals surface area (Å²) in [7, 11) is 1.75. The van der Waals surface area contributed by atoms with Crippen LogP contribution >= 0.6 is 11.6 Å². The molecule has 11 heteroatoms. The molecule has 182 valence electrons. The molecule has 0 radical (unpaired) electrons. The average Bonchev–Trinajstić information content (AvgIpc) is 2.87. The number of carbonyl (C=O) groups is 1. The molecular weight excluding hydrogens is 490 g/mol. The molecule has 0 saturated carbocycles. The molecule has 4 aromatic rings. The van der Waals surface area contributed by atoms with Gasteiger partial charge in [0.05, 0.1) is 23.4 Å². The molecule has 0 saturated heterocycles. The number of carbonyl (C=O) groups excluding carboxylic acids is 1. The summed E-state index contributed by atoms with van der Waals surface area (Å²) in [5, 5.41) is 6.84. The maximum Gasteiger partial charge on any atom is 0.266 e. The van der Waals surface area contributed by atoms with Gasteiger partial charge in [-0.1, -0.05) is 29.5 Å². The van der Waals surface area contributed by atoms with Crippen molar-refractivity contribution >= 4 is 34.2 Å². The first kappa shape index (κ1) is 24.8. The van der Waals surface area contributed by atoms with Crippen LogP contribution in [0.15, 0.2) is 54.0 Å². The number of amides is 1. The molecule has 2 aromatic heterocycles. The Balaban J connectivity index is 1.40. The van der Waals surface area contributed by atoms with Crippen molar-refractivity contribution in [3.63, 3.8) is 0 Å². The fourth-order valence-electron chi connectivity index (χ4n) is 3.42. The van der Waals surface area contributed by atoms with Crippen molar-refractivity contribution in [1.29, 1.82) is 0 Å². The van der Waals surface area contributed by atoms with Gasteiger partial charge in [-0.15, -0.1) is 0 Å². The van der Waals surface area contributed by atoms with Crippen molar-refractivity contribution in [2.75, 3.05) is 18.9 Å².